The maximum absolute atomic E-state index is 2.20. The molecule has 0 rings (SSSR count). The highest BCUT2D eigenvalue weighted by Gasteiger charge is 1.94. The first-order valence-electron chi connectivity index (χ1n) is 3.93. The van der Waals surface area contributed by atoms with Gasteiger partial charge in [-0.2, -0.15) is 0 Å². The molecule has 0 N–H and O–H groups in total. The van der Waals surface area contributed by atoms with Gasteiger partial charge < -0.3 is 0 Å². The summed E-state index contributed by atoms with van der Waals surface area (Å²) in [6.45, 7) is 10.8. The summed E-state index contributed by atoms with van der Waals surface area (Å²) < 4.78 is 0. The predicted octanol–water partition coefficient (Wildman–Crippen LogP) is 3.70. The summed E-state index contributed by atoms with van der Waals surface area (Å²) in [6, 6.07) is 0. The molecular formula is C10H18. The second-order valence-electron chi connectivity index (χ2n) is 2.73. The molecule has 58 valence electrons. The number of allylic oxidation sites excluding steroid dienone is 4. The Hall–Kier alpha value is -0.520. The highest BCUT2D eigenvalue weighted by atomic mass is 14.0. The molecule has 0 saturated carbocycles. The monoisotopic (exact) mass is 138 g/mol. The zero-order chi connectivity index (χ0) is 8.15. The van der Waals surface area contributed by atoms with Gasteiger partial charge in [-0.15, -0.1) is 0 Å². The molecule has 0 heteroatoms. The predicted molar refractivity (Wildman–Crippen MR) is 48.1 cm³/mol. The first-order valence-corrected chi connectivity index (χ1v) is 3.93. The fraction of sp³-hybridized carbons (Fsp3) is 0.600. The van der Waals surface area contributed by atoms with Crippen molar-refractivity contribution in [1.82, 2.24) is 0 Å². The lowest BCUT2D eigenvalue weighted by molar-refractivity contribution is 1.05. The maximum Gasteiger partial charge on any atom is -0.0346 e. The van der Waals surface area contributed by atoms with Crippen molar-refractivity contribution in [3.63, 3.8) is 0 Å². The van der Waals surface area contributed by atoms with Crippen LogP contribution in [0.4, 0.5) is 0 Å². The molecule has 0 unspecified atom stereocenters. The normalized spacial score (nSPS) is 15.1. The number of hydrogen-bond acceptors (Lipinski definition) is 0. The maximum atomic E-state index is 2.20. The Balaban J connectivity index is 4.46. The first kappa shape index (κ1) is 9.48. The van der Waals surface area contributed by atoms with Crippen molar-refractivity contribution < 1.29 is 0 Å². The summed E-state index contributed by atoms with van der Waals surface area (Å²) >= 11 is 0. The molecule has 10 heavy (non-hydrogen) atoms. The second-order valence-corrected chi connectivity index (χ2v) is 2.73. The third kappa shape index (κ3) is 2.38. The van der Waals surface area contributed by atoms with Gasteiger partial charge in [0.15, 0.2) is 0 Å². The smallest absolute Gasteiger partial charge is 0.0346 e. The Morgan fingerprint density at radius 3 is 2.00 bits per heavy atom. The van der Waals surface area contributed by atoms with E-state index in [4.69, 9.17) is 0 Å². The molecule has 0 aliphatic heterocycles. The van der Waals surface area contributed by atoms with E-state index < -0.39 is 0 Å². The number of hydrogen-bond donors (Lipinski definition) is 0. The SMILES string of the molecule is C/C=C(C)\C(C)=C(/C)CC. The molecule has 0 aliphatic rings. The van der Waals surface area contributed by atoms with Gasteiger partial charge in [0, 0.05) is 0 Å². The molecule has 0 heterocycles. The van der Waals surface area contributed by atoms with Crippen LogP contribution in [0.2, 0.25) is 0 Å². The quantitative estimate of drug-likeness (QED) is 0.510. The molecule has 0 aromatic heterocycles. The van der Waals surface area contributed by atoms with Gasteiger partial charge >= 0.3 is 0 Å². The standard InChI is InChI=1S/C10H18/c1-6-8(3)10(5)9(4)7-2/h6H,7H2,1-5H3/b8-6-,10-9+. The average molecular weight is 138 g/mol. The van der Waals surface area contributed by atoms with Crippen LogP contribution in [-0.4, -0.2) is 0 Å². The zero-order valence-electron chi connectivity index (χ0n) is 7.78. The highest BCUT2D eigenvalue weighted by Crippen LogP contribution is 2.15. The van der Waals surface area contributed by atoms with Crippen LogP contribution < -0.4 is 0 Å². The summed E-state index contributed by atoms with van der Waals surface area (Å²) in [7, 11) is 0. The van der Waals surface area contributed by atoms with E-state index in [1.165, 1.54) is 16.7 Å². The van der Waals surface area contributed by atoms with E-state index in [1.807, 2.05) is 0 Å². The molecule has 0 aromatic carbocycles. The van der Waals surface area contributed by atoms with Gasteiger partial charge in [0.05, 0.1) is 0 Å². The summed E-state index contributed by atoms with van der Waals surface area (Å²) in [5.74, 6) is 0. The fourth-order valence-electron chi connectivity index (χ4n) is 0.818. The van der Waals surface area contributed by atoms with Crippen LogP contribution in [0.3, 0.4) is 0 Å². The van der Waals surface area contributed by atoms with Gasteiger partial charge in [-0.25, -0.2) is 0 Å². The Morgan fingerprint density at radius 1 is 1.20 bits per heavy atom. The van der Waals surface area contributed by atoms with Crippen LogP contribution in [0.15, 0.2) is 22.8 Å². The topological polar surface area (TPSA) is 0 Å². The molecule has 0 aromatic rings. The van der Waals surface area contributed by atoms with Gasteiger partial charge in [-0.3, -0.25) is 0 Å². The molecular weight excluding hydrogens is 120 g/mol. The van der Waals surface area contributed by atoms with Crippen LogP contribution in [0.5, 0.6) is 0 Å². The lowest BCUT2D eigenvalue weighted by atomic mass is 10.0. The van der Waals surface area contributed by atoms with Crippen molar-refractivity contribution in [2.75, 3.05) is 0 Å². The Kier molecular flexibility index (Phi) is 4.10. The minimum absolute atomic E-state index is 1.16. The van der Waals surface area contributed by atoms with Gasteiger partial charge in [0.2, 0.25) is 0 Å². The lowest BCUT2D eigenvalue weighted by Crippen LogP contribution is -1.84. The molecule has 0 saturated heterocycles. The molecule has 0 bridgehead atoms. The van der Waals surface area contributed by atoms with Crippen molar-refractivity contribution in [3.05, 3.63) is 22.8 Å². The minimum atomic E-state index is 1.16. The fourth-order valence-corrected chi connectivity index (χ4v) is 0.818. The lowest BCUT2D eigenvalue weighted by Gasteiger charge is -2.04. The van der Waals surface area contributed by atoms with Crippen LogP contribution in [0.25, 0.3) is 0 Å². The van der Waals surface area contributed by atoms with Gasteiger partial charge in [-0.1, -0.05) is 24.1 Å². The minimum Gasteiger partial charge on any atom is -0.0845 e. The van der Waals surface area contributed by atoms with E-state index in [-0.39, 0.29) is 0 Å². The number of rotatable bonds is 2. The molecule has 0 spiro atoms. The zero-order valence-corrected chi connectivity index (χ0v) is 7.78. The van der Waals surface area contributed by atoms with Gasteiger partial charge in [-0.05, 0) is 39.7 Å². The Bertz CT molecular complexity index is 159. The van der Waals surface area contributed by atoms with Gasteiger partial charge in [0.1, 0.15) is 0 Å². The average Bonchev–Trinajstić information content (AvgIpc) is 2.00. The van der Waals surface area contributed by atoms with Crippen molar-refractivity contribution in [3.8, 4) is 0 Å². The summed E-state index contributed by atoms with van der Waals surface area (Å²) in [6.07, 6.45) is 3.32. The van der Waals surface area contributed by atoms with Crippen molar-refractivity contribution in [2.24, 2.45) is 0 Å². The van der Waals surface area contributed by atoms with E-state index in [0.717, 1.165) is 6.42 Å². The van der Waals surface area contributed by atoms with Crippen molar-refractivity contribution in [1.29, 1.82) is 0 Å². The van der Waals surface area contributed by atoms with Crippen molar-refractivity contribution in [2.45, 2.75) is 41.0 Å². The summed E-state index contributed by atoms with van der Waals surface area (Å²) in [4.78, 5) is 0. The molecule has 0 aliphatic carbocycles. The van der Waals surface area contributed by atoms with Crippen molar-refractivity contribution >= 4 is 0 Å². The largest absolute Gasteiger partial charge is 0.0845 e. The highest BCUT2D eigenvalue weighted by molar-refractivity contribution is 5.30. The second kappa shape index (κ2) is 4.32. The van der Waals surface area contributed by atoms with E-state index >= 15 is 0 Å². The van der Waals surface area contributed by atoms with Gasteiger partial charge in [0.25, 0.3) is 0 Å². The molecule has 0 atom stereocenters. The molecule has 0 amide bonds. The van der Waals surface area contributed by atoms with Crippen LogP contribution in [-0.2, 0) is 0 Å². The molecule has 0 radical (unpaired) electrons. The van der Waals surface area contributed by atoms with Crippen LogP contribution >= 0.6 is 0 Å². The van der Waals surface area contributed by atoms with E-state index in [0.29, 0.717) is 0 Å². The first-order chi connectivity index (χ1) is 4.63. The van der Waals surface area contributed by atoms with E-state index in [1.54, 1.807) is 0 Å². The van der Waals surface area contributed by atoms with E-state index in [2.05, 4.69) is 40.7 Å². The Morgan fingerprint density at radius 2 is 1.70 bits per heavy atom. The van der Waals surface area contributed by atoms with Crippen LogP contribution in [0.1, 0.15) is 41.0 Å². The molecule has 0 fully saturated rings. The Labute approximate surface area is 64.6 Å². The summed E-state index contributed by atoms with van der Waals surface area (Å²) in [5, 5.41) is 0. The molecule has 0 nitrogen and oxygen atoms in total. The van der Waals surface area contributed by atoms with E-state index in [9.17, 15) is 0 Å². The summed E-state index contributed by atoms with van der Waals surface area (Å²) in [5.41, 5.74) is 4.35. The third-order valence-corrected chi connectivity index (χ3v) is 2.20. The third-order valence-electron chi connectivity index (χ3n) is 2.20. The van der Waals surface area contributed by atoms with Crippen LogP contribution in [0, 0.1) is 0 Å².